The van der Waals surface area contributed by atoms with Crippen molar-refractivity contribution in [3.05, 3.63) is 62.9 Å². The lowest BCUT2D eigenvalue weighted by molar-refractivity contribution is 0.174. The van der Waals surface area contributed by atoms with Crippen molar-refractivity contribution < 1.29 is 18.9 Å². The quantitative estimate of drug-likeness (QED) is 0.859. The van der Waals surface area contributed by atoms with Gasteiger partial charge in [0.05, 0.1) is 18.1 Å². The Kier molecular flexibility index (Phi) is 4.45. The third-order valence-electron chi connectivity index (χ3n) is 4.94. The van der Waals surface area contributed by atoms with Gasteiger partial charge in [-0.1, -0.05) is 6.07 Å². The Morgan fingerprint density at radius 3 is 2.82 bits per heavy atom. The van der Waals surface area contributed by atoms with Crippen LogP contribution in [0.4, 0.5) is 0 Å². The number of ether oxygens (including phenoxy) is 4. The zero-order valence-electron chi connectivity index (χ0n) is 15.5. The Labute approximate surface area is 161 Å². The molecule has 0 saturated carbocycles. The van der Waals surface area contributed by atoms with Crippen LogP contribution >= 0.6 is 0 Å². The van der Waals surface area contributed by atoms with Gasteiger partial charge in [0.25, 0.3) is 5.56 Å². The number of aryl methyl sites for hydroxylation is 1. The van der Waals surface area contributed by atoms with Gasteiger partial charge in [-0.15, -0.1) is 0 Å². The Morgan fingerprint density at radius 2 is 2.07 bits per heavy atom. The molecule has 2 aliphatic rings. The zero-order valence-corrected chi connectivity index (χ0v) is 15.5. The van der Waals surface area contributed by atoms with E-state index in [0.717, 1.165) is 5.69 Å². The number of pyridine rings is 1. The minimum atomic E-state index is -0.662. The predicted molar refractivity (Wildman–Crippen MR) is 99.2 cm³/mol. The van der Waals surface area contributed by atoms with E-state index in [2.05, 4.69) is 6.07 Å². The highest BCUT2D eigenvalue weighted by Gasteiger charge is 2.35. The van der Waals surface area contributed by atoms with Gasteiger partial charge in [0.1, 0.15) is 17.4 Å². The first-order valence-electron chi connectivity index (χ1n) is 8.75. The topological polar surface area (TPSA) is 109 Å². The zero-order chi connectivity index (χ0) is 19.8. The van der Waals surface area contributed by atoms with Gasteiger partial charge in [-0.05, 0) is 24.6 Å². The maximum absolute atomic E-state index is 13.3. The summed E-state index contributed by atoms with van der Waals surface area (Å²) in [5.74, 6) is 0.868. The van der Waals surface area contributed by atoms with E-state index in [1.807, 2.05) is 6.92 Å². The molecule has 0 radical (unpaired) electrons. The molecule has 4 rings (SSSR count). The van der Waals surface area contributed by atoms with Gasteiger partial charge in [0.15, 0.2) is 11.5 Å². The van der Waals surface area contributed by atoms with E-state index in [0.29, 0.717) is 41.5 Å². The molecule has 0 saturated heterocycles. The summed E-state index contributed by atoms with van der Waals surface area (Å²) < 4.78 is 23.2. The standard InChI is InChI=1S/C20H19N3O5/c1-11-7-16-18(20(24)23(11)5-6-25-2)17(13(9-21)19(22)28-16)12-3-4-14-15(8-12)27-10-26-14/h3-4,7-8,17H,5-6,10,22H2,1-2H3/t17-/m0/s1. The van der Waals surface area contributed by atoms with Gasteiger partial charge in [-0.2, -0.15) is 5.26 Å². The Hall–Kier alpha value is -3.44. The third-order valence-corrected chi connectivity index (χ3v) is 4.94. The predicted octanol–water partition coefficient (Wildman–Crippen LogP) is 1.75. The van der Waals surface area contributed by atoms with Crippen molar-refractivity contribution in [2.24, 2.45) is 5.73 Å². The van der Waals surface area contributed by atoms with E-state index < -0.39 is 5.92 Å². The summed E-state index contributed by atoms with van der Waals surface area (Å²) in [6.07, 6.45) is 0. The number of benzene rings is 1. The Balaban J connectivity index is 1.93. The second-order valence-electron chi connectivity index (χ2n) is 6.55. The van der Waals surface area contributed by atoms with E-state index in [1.165, 1.54) is 0 Å². The highest BCUT2D eigenvalue weighted by atomic mass is 16.7. The molecule has 8 heteroatoms. The second kappa shape index (κ2) is 6.94. The van der Waals surface area contributed by atoms with Crippen LogP contribution in [-0.2, 0) is 11.3 Å². The molecule has 0 spiro atoms. The molecule has 144 valence electrons. The van der Waals surface area contributed by atoms with Crippen molar-refractivity contribution >= 4 is 0 Å². The minimum Gasteiger partial charge on any atom is -0.454 e. The molecule has 0 amide bonds. The van der Waals surface area contributed by atoms with E-state index >= 15 is 0 Å². The fourth-order valence-corrected chi connectivity index (χ4v) is 3.57. The summed E-state index contributed by atoms with van der Waals surface area (Å²) in [5.41, 5.74) is 7.75. The average molecular weight is 381 g/mol. The van der Waals surface area contributed by atoms with Gasteiger partial charge in [0.2, 0.25) is 12.7 Å². The maximum atomic E-state index is 13.3. The van der Waals surface area contributed by atoms with Crippen molar-refractivity contribution in [1.82, 2.24) is 4.57 Å². The number of aromatic nitrogens is 1. The van der Waals surface area contributed by atoms with Crippen LogP contribution in [0.5, 0.6) is 17.2 Å². The SMILES string of the molecule is COCCn1c(C)cc2c(c1=O)[C@@H](c1ccc3c(c1)OCO3)C(C#N)=C(N)O2. The lowest BCUT2D eigenvalue weighted by Gasteiger charge is -2.27. The van der Waals surface area contributed by atoms with Crippen LogP contribution in [0.2, 0.25) is 0 Å². The van der Waals surface area contributed by atoms with E-state index in [1.54, 1.807) is 35.9 Å². The van der Waals surface area contributed by atoms with Crippen molar-refractivity contribution in [3.63, 3.8) is 0 Å². The van der Waals surface area contributed by atoms with Gasteiger partial charge in [-0.25, -0.2) is 0 Å². The number of allylic oxidation sites excluding steroid dienone is 1. The van der Waals surface area contributed by atoms with Crippen molar-refractivity contribution in [1.29, 1.82) is 5.26 Å². The molecular weight excluding hydrogens is 362 g/mol. The van der Waals surface area contributed by atoms with Gasteiger partial charge in [0, 0.05) is 25.4 Å². The molecule has 2 N–H and O–H groups in total. The fraction of sp³-hybridized carbons (Fsp3) is 0.300. The molecule has 3 heterocycles. The summed E-state index contributed by atoms with van der Waals surface area (Å²) in [4.78, 5) is 13.3. The van der Waals surface area contributed by atoms with Gasteiger partial charge in [-0.3, -0.25) is 4.79 Å². The Bertz CT molecular complexity index is 1080. The molecule has 0 bridgehead atoms. The van der Waals surface area contributed by atoms with Crippen LogP contribution in [0.25, 0.3) is 0 Å². The minimum absolute atomic E-state index is 0.00823. The monoisotopic (exact) mass is 381 g/mol. The van der Waals surface area contributed by atoms with Crippen LogP contribution in [0.15, 0.2) is 40.5 Å². The molecule has 1 aromatic heterocycles. The van der Waals surface area contributed by atoms with Crippen molar-refractivity contribution in [3.8, 4) is 23.3 Å². The molecular formula is C20H19N3O5. The highest BCUT2D eigenvalue weighted by molar-refractivity contribution is 5.57. The number of hydrogen-bond donors (Lipinski definition) is 1. The van der Waals surface area contributed by atoms with Crippen LogP contribution in [0, 0.1) is 18.3 Å². The number of nitrogens with two attached hydrogens (primary N) is 1. The summed E-state index contributed by atoms with van der Waals surface area (Å²) in [6.45, 7) is 2.73. The smallest absolute Gasteiger partial charge is 0.258 e. The Morgan fingerprint density at radius 1 is 1.29 bits per heavy atom. The first-order chi connectivity index (χ1) is 13.5. The van der Waals surface area contributed by atoms with E-state index in [4.69, 9.17) is 24.7 Å². The lowest BCUT2D eigenvalue weighted by atomic mass is 9.84. The number of hydrogen-bond acceptors (Lipinski definition) is 7. The lowest BCUT2D eigenvalue weighted by Crippen LogP contribution is -2.33. The molecule has 2 aromatic rings. The third kappa shape index (κ3) is 2.77. The van der Waals surface area contributed by atoms with Gasteiger partial charge >= 0.3 is 0 Å². The maximum Gasteiger partial charge on any atom is 0.258 e. The number of methoxy groups -OCH3 is 1. The number of nitriles is 1. The van der Waals surface area contributed by atoms with E-state index in [-0.39, 0.29) is 23.8 Å². The van der Waals surface area contributed by atoms with Crippen molar-refractivity contribution in [2.75, 3.05) is 20.5 Å². The van der Waals surface area contributed by atoms with Crippen LogP contribution in [0.1, 0.15) is 22.7 Å². The molecule has 0 unspecified atom stereocenters. The van der Waals surface area contributed by atoms with Crippen LogP contribution in [-0.4, -0.2) is 25.1 Å². The largest absolute Gasteiger partial charge is 0.454 e. The summed E-state index contributed by atoms with van der Waals surface area (Å²) in [7, 11) is 1.58. The molecule has 8 nitrogen and oxygen atoms in total. The van der Waals surface area contributed by atoms with Crippen LogP contribution < -0.4 is 25.5 Å². The molecule has 1 aromatic carbocycles. The first kappa shape index (κ1) is 17.9. The highest BCUT2D eigenvalue weighted by Crippen LogP contribution is 2.43. The summed E-state index contributed by atoms with van der Waals surface area (Å²) >= 11 is 0. The number of fused-ring (bicyclic) bond motifs is 2. The molecule has 2 aliphatic heterocycles. The molecule has 28 heavy (non-hydrogen) atoms. The normalized spacial score (nSPS) is 17.1. The summed E-state index contributed by atoms with van der Waals surface area (Å²) in [5, 5.41) is 9.72. The van der Waals surface area contributed by atoms with E-state index in [9.17, 15) is 10.1 Å². The average Bonchev–Trinajstić information content (AvgIpc) is 3.14. The number of nitrogens with zero attached hydrogens (tertiary/aromatic N) is 2. The number of rotatable bonds is 4. The first-order valence-corrected chi connectivity index (χ1v) is 8.75. The molecule has 0 fully saturated rings. The second-order valence-corrected chi connectivity index (χ2v) is 6.55. The molecule has 1 atom stereocenters. The van der Waals surface area contributed by atoms with Crippen LogP contribution in [0.3, 0.4) is 0 Å². The molecule has 0 aliphatic carbocycles. The fourth-order valence-electron chi connectivity index (χ4n) is 3.57. The summed E-state index contributed by atoms with van der Waals surface area (Å²) in [6, 6.07) is 9.19. The van der Waals surface area contributed by atoms with Gasteiger partial charge < -0.3 is 29.2 Å². The van der Waals surface area contributed by atoms with Crippen molar-refractivity contribution in [2.45, 2.75) is 19.4 Å².